The van der Waals surface area contributed by atoms with Gasteiger partial charge in [-0.15, -0.1) is 0 Å². The molecule has 0 unspecified atom stereocenters. The molecule has 1 rings (SSSR count). The number of hydrogen-bond donors (Lipinski definition) is 2. The summed E-state index contributed by atoms with van der Waals surface area (Å²) < 4.78 is 5.08. The summed E-state index contributed by atoms with van der Waals surface area (Å²) in [4.78, 5) is 23.2. The number of rotatable bonds is 5. The minimum Gasteiger partial charge on any atom is -0.456 e. The zero-order valence-corrected chi connectivity index (χ0v) is 11.5. The van der Waals surface area contributed by atoms with Crippen LogP contribution in [-0.2, 0) is 14.3 Å². The molecule has 1 saturated carbocycles. The molecule has 1 aliphatic rings. The minimum atomic E-state index is -0.645. The lowest BCUT2D eigenvalue weighted by molar-refractivity contribution is -0.146. The molecule has 5 heteroatoms. The van der Waals surface area contributed by atoms with Crippen molar-refractivity contribution < 1.29 is 14.3 Å². The van der Waals surface area contributed by atoms with Gasteiger partial charge in [-0.2, -0.15) is 0 Å². The molecule has 18 heavy (non-hydrogen) atoms. The van der Waals surface area contributed by atoms with Gasteiger partial charge >= 0.3 is 5.97 Å². The predicted octanol–water partition coefficient (Wildman–Crippen LogP) is 1.65. The highest BCUT2D eigenvalue weighted by Crippen LogP contribution is 2.19. The maximum Gasteiger partial charge on any atom is 0.352 e. The third-order valence-corrected chi connectivity index (χ3v) is 2.53. The number of carbonyl (C=O) groups is 2. The van der Waals surface area contributed by atoms with Crippen LogP contribution in [0, 0.1) is 11.3 Å². The fourth-order valence-corrected chi connectivity index (χ4v) is 1.39. The van der Waals surface area contributed by atoms with E-state index in [0.717, 1.165) is 12.8 Å². The van der Waals surface area contributed by atoms with Crippen LogP contribution in [-0.4, -0.2) is 29.2 Å². The van der Waals surface area contributed by atoms with Crippen molar-refractivity contribution in [2.75, 3.05) is 0 Å². The topological polar surface area (TPSA) is 79.2 Å². The summed E-state index contributed by atoms with van der Waals surface area (Å²) in [6, 6.07) is 0.302. The van der Waals surface area contributed by atoms with Gasteiger partial charge in [-0.3, -0.25) is 10.2 Å². The van der Waals surface area contributed by atoms with E-state index in [1.54, 1.807) is 27.7 Å². The van der Waals surface area contributed by atoms with Crippen molar-refractivity contribution >= 4 is 17.6 Å². The van der Waals surface area contributed by atoms with Gasteiger partial charge in [-0.05, 0) is 33.6 Å². The predicted molar refractivity (Wildman–Crippen MR) is 68.5 cm³/mol. The molecule has 5 nitrogen and oxygen atoms in total. The van der Waals surface area contributed by atoms with Crippen LogP contribution in [0.2, 0.25) is 0 Å². The maximum atomic E-state index is 11.7. The molecule has 0 radical (unpaired) electrons. The highest BCUT2D eigenvalue weighted by Gasteiger charge is 2.28. The summed E-state index contributed by atoms with van der Waals surface area (Å²) in [6.07, 6.45) is 2.18. The normalized spacial score (nSPS) is 16.9. The van der Waals surface area contributed by atoms with Crippen LogP contribution >= 0.6 is 0 Å². The molecule has 102 valence electrons. The Morgan fingerprint density at radius 2 is 1.94 bits per heavy atom. The summed E-state index contributed by atoms with van der Waals surface area (Å²) in [5, 5.41) is 10.5. The number of hydrogen-bond acceptors (Lipinski definition) is 4. The number of ether oxygens (including phenoxy) is 1. The summed E-state index contributed by atoms with van der Waals surface area (Å²) in [6.45, 7) is 6.97. The molecule has 0 aromatic heterocycles. The van der Waals surface area contributed by atoms with Gasteiger partial charge in [0.25, 0.3) is 0 Å². The summed E-state index contributed by atoms with van der Waals surface area (Å²) in [5.41, 5.74) is -0.758. The Hall–Kier alpha value is -1.39. The Labute approximate surface area is 108 Å². The Morgan fingerprint density at radius 3 is 2.39 bits per heavy atom. The van der Waals surface area contributed by atoms with Gasteiger partial charge in [0.2, 0.25) is 5.91 Å². The first-order valence-corrected chi connectivity index (χ1v) is 6.30. The van der Waals surface area contributed by atoms with Crippen LogP contribution < -0.4 is 5.32 Å². The molecule has 1 fully saturated rings. The minimum absolute atomic E-state index is 0.0918. The van der Waals surface area contributed by atoms with E-state index in [4.69, 9.17) is 10.1 Å². The fourth-order valence-electron chi connectivity index (χ4n) is 1.39. The van der Waals surface area contributed by atoms with E-state index in [9.17, 15) is 9.59 Å². The molecule has 0 aromatic rings. The highest BCUT2D eigenvalue weighted by atomic mass is 16.6. The zero-order chi connectivity index (χ0) is 13.9. The maximum absolute atomic E-state index is 11.7. The quantitative estimate of drug-likeness (QED) is 0.578. The van der Waals surface area contributed by atoms with Crippen molar-refractivity contribution in [3.05, 3.63) is 0 Å². The number of nitrogens with one attached hydrogen (secondary N) is 2. The van der Waals surface area contributed by atoms with E-state index in [2.05, 4.69) is 5.32 Å². The molecule has 1 aliphatic carbocycles. The van der Waals surface area contributed by atoms with Gasteiger partial charge in [0, 0.05) is 18.4 Å². The Bertz CT molecular complexity index is 354. The summed E-state index contributed by atoms with van der Waals surface area (Å²) in [5.74, 6) is -1.11. The van der Waals surface area contributed by atoms with Crippen LogP contribution in [0.25, 0.3) is 0 Å². The Morgan fingerprint density at radius 1 is 1.39 bits per heavy atom. The third-order valence-electron chi connectivity index (χ3n) is 2.53. The molecular weight excluding hydrogens is 232 g/mol. The summed E-state index contributed by atoms with van der Waals surface area (Å²) >= 11 is 0. The molecule has 1 atom stereocenters. The molecular formula is C13H22N2O3. The fraction of sp³-hybridized carbons (Fsp3) is 0.769. The van der Waals surface area contributed by atoms with Gasteiger partial charge in [-0.1, -0.05) is 6.92 Å². The van der Waals surface area contributed by atoms with E-state index in [1.165, 1.54) is 0 Å². The molecule has 0 aromatic carbocycles. The van der Waals surface area contributed by atoms with Crippen molar-refractivity contribution in [1.82, 2.24) is 5.32 Å². The standard InChI is InChI=1S/C13H22N2O3/c1-8(11(16)15-9-5-6-9)7-10(14)12(17)18-13(2,3)4/h8-9,14H,5-7H2,1-4H3,(H,15,16)/t8-/m0/s1. The first kappa shape index (κ1) is 14.7. The number of esters is 1. The second-order valence-corrected chi connectivity index (χ2v) is 5.87. The van der Waals surface area contributed by atoms with Crippen LogP contribution in [0.4, 0.5) is 0 Å². The van der Waals surface area contributed by atoms with Crippen LogP contribution in [0.1, 0.15) is 47.0 Å². The molecule has 0 bridgehead atoms. The first-order valence-electron chi connectivity index (χ1n) is 6.30. The van der Waals surface area contributed by atoms with E-state index < -0.39 is 11.6 Å². The van der Waals surface area contributed by atoms with E-state index >= 15 is 0 Å². The van der Waals surface area contributed by atoms with Crippen LogP contribution in [0.3, 0.4) is 0 Å². The largest absolute Gasteiger partial charge is 0.456 e. The van der Waals surface area contributed by atoms with Crippen molar-refractivity contribution in [3.63, 3.8) is 0 Å². The van der Waals surface area contributed by atoms with E-state index in [-0.39, 0.29) is 24.0 Å². The average Bonchev–Trinajstić information content (AvgIpc) is 2.98. The lowest BCUT2D eigenvalue weighted by Gasteiger charge is -2.20. The van der Waals surface area contributed by atoms with E-state index in [1.807, 2.05) is 0 Å². The molecule has 0 saturated heterocycles. The van der Waals surface area contributed by atoms with Crippen molar-refractivity contribution in [2.24, 2.45) is 5.92 Å². The van der Waals surface area contributed by atoms with E-state index in [0.29, 0.717) is 6.04 Å². The van der Waals surface area contributed by atoms with Crippen LogP contribution in [0.5, 0.6) is 0 Å². The van der Waals surface area contributed by atoms with Crippen molar-refractivity contribution in [2.45, 2.75) is 58.6 Å². The summed E-state index contributed by atoms with van der Waals surface area (Å²) in [7, 11) is 0. The lowest BCUT2D eigenvalue weighted by Crippen LogP contribution is -2.34. The van der Waals surface area contributed by atoms with Crippen molar-refractivity contribution in [3.8, 4) is 0 Å². The molecule has 0 heterocycles. The monoisotopic (exact) mass is 254 g/mol. The van der Waals surface area contributed by atoms with Gasteiger partial charge in [0.05, 0.1) is 0 Å². The lowest BCUT2D eigenvalue weighted by atomic mass is 10.0. The third kappa shape index (κ3) is 5.29. The van der Waals surface area contributed by atoms with Gasteiger partial charge in [-0.25, -0.2) is 4.79 Å². The molecule has 2 N–H and O–H groups in total. The Balaban J connectivity index is 2.38. The first-order chi connectivity index (χ1) is 8.19. The van der Waals surface area contributed by atoms with Gasteiger partial charge < -0.3 is 10.1 Å². The van der Waals surface area contributed by atoms with Crippen LogP contribution in [0.15, 0.2) is 0 Å². The number of amides is 1. The second kappa shape index (κ2) is 5.50. The smallest absolute Gasteiger partial charge is 0.352 e. The molecule has 1 amide bonds. The number of carbonyl (C=O) groups excluding carboxylic acids is 2. The molecule has 0 spiro atoms. The Kier molecular flexibility index (Phi) is 4.48. The second-order valence-electron chi connectivity index (χ2n) is 5.87. The van der Waals surface area contributed by atoms with Gasteiger partial charge in [0.1, 0.15) is 11.3 Å². The van der Waals surface area contributed by atoms with Gasteiger partial charge in [0.15, 0.2) is 0 Å². The highest BCUT2D eigenvalue weighted by molar-refractivity contribution is 6.35. The zero-order valence-electron chi connectivity index (χ0n) is 11.5. The SMILES string of the molecule is C[C@@H](CC(=N)C(=O)OC(C)(C)C)C(=O)NC1CC1. The molecule has 0 aliphatic heterocycles. The average molecular weight is 254 g/mol. The van der Waals surface area contributed by atoms with Crippen molar-refractivity contribution in [1.29, 1.82) is 5.41 Å².